The summed E-state index contributed by atoms with van der Waals surface area (Å²) >= 11 is 0. The molecule has 0 spiro atoms. The van der Waals surface area contributed by atoms with E-state index in [4.69, 9.17) is 0 Å². The van der Waals surface area contributed by atoms with Crippen molar-refractivity contribution in [2.75, 3.05) is 7.11 Å². The molecule has 1 aliphatic heterocycles. The third-order valence-electron chi connectivity index (χ3n) is 5.32. The van der Waals surface area contributed by atoms with Gasteiger partial charge in [-0.15, -0.1) is 0 Å². The molecule has 0 unspecified atom stereocenters. The van der Waals surface area contributed by atoms with E-state index in [9.17, 15) is 14.4 Å². The van der Waals surface area contributed by atoms with E-state index in [2.05, 4.69) is 30.8 Å². The topological polar surface area (TPSA) is 75.7 Å². The number of carbonyl (C=O) groups is 3. The second-order valence-corrected chi connectivity index (χ2v) is 8.46. The average Bonchev–Trinajstić information content (AvgIpc) is 2.91. The normalized spacial score (nSPS) is 19.3. The van der Waals surface area contributed by atoms with Crippen molar-refractivity contribution in [3.63, 3.8) is 0 Å². The number of rotatable bonds is 4. The highest BCUT2D eigenvalue weighted by Gasteiger charge is 2.48. The lowest BCUT2D eigenvalue weighted by Crippen LogP contribution is -2.40. The van der Waals surface area contributed by atoms with Crippen LogP contribution < -0.4 is 5.32 Å². The van der Waals surface area contributed by atoms with Crippen LogP contribution >= 0.6 is 0 Å². The fourth-order valence-electron chi connectivity index (χ4n) is 3.39. The van der Waals surface area contributed by atoms with Crippen molar-refractivity contribution in [1.29, 1.82) is 0 Å². The summed E-state index contributed by atoms with van der Waals surface area (Å²) in [5.74, 6) is -0.735. The monoisotopic (exact) mass is 394 g/mol. The molecule has 1 fully saturated rings. The molecule has 0 saturated carbocycles. The molecule has 1 N–H and O–H groups in total. The Hall–Kier alpha value is -3.15. The predicted molar refractivity (Wildman–Crippen MR) is 109 cm³/mol. The van der Waals surface area contributed by atoms with Gasteiger partial charge in [0, 0.05) is 0 Å². The number of hydrogen-bond acceptors (Lipinski definition) is 4. The van der Waals surface area contributed by atoms with Gasteiger partial charge in [-0.25, -0.2) is 9.59 Å². The van der Waals surface area contributed by atoms with Crippen LogP contribution in [0.3, 0.4) is 0 Å². The van der Waals surface area contributed by atoms with E-state index in [0.29, 0.717) is 5.56 Å². The first-order chi connectivity index (χ1) is 13.6. The number of benzene rings is 2. The molecule has 6 nitrogen and oxygen atoms in total. The fourth-order valence-corrected chi connectivity index (χ4v) is 3.39. The molecule has 0 aromatic heterocycles. The number of nitrogens with zero attached hydrogens (tertiary/aromatic N) is 1. The SMILES string of the molecule is COC(=O)c1ccc(CN2C(=O)N[C@@](C)(c3ccc(C(C)(C)C)cc3)C2=O)cc1. The van der Waals surface area contributed by atoms with Crippen molar-refractivity contribution >= 4 is 17.9 Å². The van der Waals surface area contributed by atoms with Crippen molar-refractivity contribution in [2.45, 2.75) is 45.2 Å². The molecule has 0 bridgehead atoms. The maximum absolute atomic E-state index is 13.1. The largest absolute Gasteiger partial charge is 0.465 e. The van der Waals surface area contributed by atoms with Crippen LogP contribution in [0.5, 0.6) is 0 Å². The Morgan fingerprint density at radius 1 is 1.03 bits per heavy atom. The second-order valence-electron chi connectivity index (χ2n) is 8.46. The molecule has 152 valence electrons. The predicted octanol–water partition coefficient (Wildman–Crippen LogP) is 3.74. The first-order valence-electron chi connectivity index (χ1n) is 9.48. The molecule has 1 aliphatic rings. The van der Waals surface area contributed by atoms with Gasteiger partial charge >= 0.3 is 12.0 Å². The third-order valence-corrected chi connectivity index (χ3v) is 5.32. The van der Waals surface area contributed by atoms with Crippen molar-refractivity contribution < 1.29 is 19.1 Å². The zero-order valence-corrected chi connectivity index (χ0v) is 17.4. The Bertz CT molecular complexity index is 942. The van der Waals surface area contributed by atoms with Gasteiger partial charge in [-0.2, -0.15) is 0 Å². The van der Waals surface area contributed by atoms with E-state index in [-0.39, 0.29) is 17.9 Å². The molecule has 29 heavy (non-hydrogen) atoms. The molecule has 2 aromatic rings. The lowest BCUT2D eigenvalue weighted by Gasteiger charge is -2.24. The smallest absolute Gasteiger partial charge is 0.337 e. The molecule has 2 aromatic carbocycles. The van der Waals surface area contributed by atoms with Crippen LogP contribution in [0.25, 0.3) is 0 Å². The maximum Gasteiger partial charge on any atom is 0.337 e. The van der Waals surface area contributed by atoms with Gasteiger partial charge in [-0.3, -0.25) is 9.69 Å². The molecular weight excluding hydrogens is 368 g/mol. The van der Waals surface area contributed by atoms with Crippen LogP contribution in [-0.4, -0.2) is 29.9 Å². The molecule has 1 atom stereocenters. The number of hydrogen-bond donors (Lipinski definition) is 1. The summed E-state index contributed by atoms with van der Waals surface area (Å²) in [5.41, 5.74) is 1.95. The Labute approximate surface area is 170 Å². The molecule has 1 heterocycles. The summed E-state index contributed by atoms with van der Waals surface area (Å²) in [5, 5.41) is 2.83. The highest BCUT2D eigenvalue weighted by molar-refractivity contribution is 6.07. The van der Waals surface area contributed by atoms with Crippen LogP contribution in [0.2, 0.25) is 0 Å². The van der Waals surface area contributed by atoms with Gasteiger partial charge in [-0.05, 0) is 41.2 Å². The van der Waals surface area contributed by atoms with Gasteiger partial charge in [-0.1, -0.05) is 57.2 Å². The molecule has 0 radical (unpaired) electrons. The van der Waals surface area contributed by atoms with Gasteiger partial charge in [0.15, 0.2) is 0 Å². The van der Waals surface area contributed by atoms with Gasteiger partial charge in [0.2, 0.25) is 0 Å². The van der Waals surface area contributed by atoms with Crippen LogP contribution in [0.4, 0.5) is 4.79 Å². The molecule has 3 rings (SSSR count). The zero-order chi connectivity index (χ0) is 21.4. The van der Waals surface area contributed by atoms with Crippen molar-refractivity contribution in [3.05, 3.63) is 70.8 Å². The summed E-state index contributed by atoms with van der Waals surface area (Å²) in [7, 11) is 1.32. The Kier molecular flexibility index (Phi) is 5.22. The Morgan fingerprint density at radius 2 is 1.62 bits per heavy atom. The number of methoxy groups -OCH3 is 1. The minimum atomic E-state index is -1.11. The minimum Gasteiger partial charge on any atom is -0.465 e. The lowest BCUT2D eigenvalue weighted by atomic mass is 9.84. The van der Waals surface area contributed by atoms with E-state index < -0.39 is 17.5 Å². The van der Waals surface area contributed by atoms with E-state index in [0.717, 1.165) is 16.7 Å². The number of carbonyl (C=O) groups excluding carboxylic acids is 3. The summed E-state index contributed by atoms with van der Waals surface area (Å²) < 4.78 is 4.68. The summed E-state index contributed by atoms with van der Waals surface area (Å²) in [6, 6.07) is 14.0. The lowest BCUT2D eigenvalue weighted by molar-refractivity contribution is -0.131. The molecule has 0 aliphatic carbocycles. The van der Waals surface area contributed by atoms with Gasteiger partial charge in [0.1, 0.15) is 5.54 Å². The quantitative estimate of drug-likeness (QED) is 0.633. The van der Waals surface area contributed by atoms with Crippen LogP contribution in [-0.2, 0) is 27.0 Å². The number of urea groups is 1. The molecule has 3 amide bonds. The molecular formula is C23H26N2O4. The second kappa shape index (κ2) is 7.35. The number of nitrogens with one attached hydrogen (secondary N) is 1. The van der Waals surface area contributed by atoms with Gasteiger partial charge in [0.25, 0.3) is 5.91 Å². The van der Waals surface area contributed by atoms with Gasteiger partial charge in [0.05, 0.1) is 19.2 Å². The van der Waals surface area contributed by atoms with Crippen molar-refractivity contribution in [3.8, 4) is 0 Å². The highest BCUT2D eigenvalue weighted by Crippen LogP contribution is 2.31. The van der Waals surface area contributed by atoms with Crippen molar-refractivity contribution in [1.82, 2.24) is 10.2 Å². The Balaban J connectivity index is 1.81. The summed E-state index contributed by atoms with van der Waals surface area (Å²) in [4.78, 5) is 38.4. The van der Waals surface area contributed by atoms with Gasteiger partial charge < -0.3 is 10.1 Å². The number of imide groups is 1. The van der Waals surface area contributed by atoms with Crippen LogP contribution in [0.1, 0.15) is 54.7 Å². The zero-order valence-electron chi connectivity index (χ0n) is 17.4. The van der Waals surface area contributed by atoms with Crippen LogP contribution in [0.15, 0.2) is 48.5 Å². The van der Waals surface area contributed by atoms with E-state index >= 15 is 0 Å². The summed E-state index contributed by atoms with van der Waals surface area (Å²) in [6.07, 6.45) is 0. The standard InChI is InChI=1S/C23H26N2O4/c1-22(2,3)17-10-12-18(13-11-17)23(4)20(27)25(21(28)24-23)14-15-6-8-16(9-7-15)19(26)29-5/h6-13H,14H2,1-5H3,(H,24,28)/t23-/m0/s1. The molecule has 1 saturated heterocycles. The van der Waals surface area contributed by atoms with Crippen LogP contribution in [0, 0.1) is 0 Å². The number of amides is 3. The first kappa shape index (κ1) is 20.6. The van der Waals surface area contributed by atoms with E-state index in [1.807, 2.05) is 24.3 Å². The van der Waals surface area contributed by atoms with Crippen molar-refractivity contribution in [2.24, 2.45) is 0 Å². The maximum atomic E-state index is 13.1. The average molecular weight is 394 g/mol. The number of ether oxygens (including phenoxy) is 1. The number of esters is 1. The summed E-state index contributed by atoms with van der Waals surface area (Å²) in [6.45, 7) is 8.22. The fraction of sp³-hybridized carbons (Fsp3) is 0.348. The van der Waals surface area contributed by atoms with E-state index in [1.54, 1.807) is 31.2 Å². The highest BCUT2D eigenvalue weighted by atomic mass is 16.5. The molecule has 6 heteroatoms. The Morgan fingerprint density at radius 3 is 2.14 bits per heavy atom. The van der Waals surface area contributed by atoms with E-state index in [1.165, 1.54) is 12.0 Å². The third kappa shape index (κ3) is 3.88. The minimum absolute atomic E-state index is 0.00473. The first-order valence-corrected chi connectivity index (χ1v) is 9.48.